The number of halogens is 3. The fraction of sp³-hybridized carbons (Fsp3) is 0.667. The summed E-state index contributed by atoms with van der Waals surface area (Å²) in [5.41, 5.74) is -0.316. The molecule has 2 aromatic rings. The summed E-state index contributed by atoms with van der Waals surface area (Å²) in [5, 5.41) is 10.7. The molecule has 10 nitrogen and oxygen atoms in total. The summed E-state index contributed by atoms with van der Waals surface area (Å²) in [7, 11) is -4.80. The average Bonchev–Trinajstić information content (AvgIpc) is 3.18. The number of anilines is 1. The lowest BCUT2D eigenvalue weighted by atomic mass is 9.98. The van der Waals surface area contributed by atoms with Gasteiger partial charge in [0.25, 0.3) is 0 Å². The van der Waals surface area contributed by atoms with Gasteiger partial charge in [0.1, 0.15) is 6.23 Å². The van der Waals surface area contributed by atoms with Gasteiger partial charge in [-0.15, -0.1) is 0 Å². The standard InChI is InChI=1S/C15H21F3N5O5P/c1-3-27-29(25,28-4-2)15(17,18)6-14(24)5-9(26-7-14)23-8-20-10-11(19)21-13(16)22-12(10)23/h8-9,24H,3-7H2,1-2H3,(H2,19,21,22)/t9-,14-/m1/s1. The molecule has 3 heterocycles. The molecule has 3 N–H and O–H groups in total. The zero-order valence-electron chi connectivity index (χ0n) is 15.7. The van der Waals surface area contributed by atoms with Crippen LogP contribution < -0.4 is 5.73 Å². The Morgan fingerprint density at radius 2 is 2.07 bits per heavy atom. The fourth-order valence-electron chi connectivity index (χ4n) is 3.18. The van der Waals surface area contributed by atoms with Crippen molar-refractivity contribution in [2.75, 3.05) is 25.6 Å². The van der Waals surface area contributed by atoms with Gasteiger partial charge in [-0.05, 0) is 13.8 Å². The molecule has 0 unspecified atom stereocenters. The molecule has 0 amide bonds. The monoisotopic (exact) mass is 439 g/mol. The highest BCUT2D eigenvalue weighted by atomic mass is 31.2. The van der Waals surface area contributed by atoms with Crippen LogP contribution in [0.1, 0.15) is 32.9 Å². The van der Waals surface area contributed by atoms with Gasteiger partial charge in [-0.3, -0.25) is 9.13 Å². The van der Waals surface area contributed by atoms with Crippen LogP contribution in [0.4, 0.5) is 19.0 Å². The van der Waals surface area contributed by atoms with Crippen LogP contribution in [-0.4, -0.2) is 55.7 Å². The summed E-state index contributed by atoms with van der Waals surface area (Å²) in [5.74, 6) is -0.194. The predicted octanol–water partition coefficient (Wildman–Crippen LogP) is 2.45. The minimum Gasteiger partial charge on any atom is -0.387 e. The summed E-state index contributed by atoms with van der Waals surface area (Å²) in [6.45, 7) is 1.81. The SMILES string of the molecule is CCOP(=O)(OCC)C(F)(F)C[C@@]1(O)CO[C@@H](n2cnc3c(N)nc(F)nc32)C1. The van der Waals surface area contributed by atoms with Gasteiger partial charge in [-0.2, -0.15) is 23.1 Å². The van der Waals surface area contributed by atoms with E-state index in [9.17, 15) is 22.8 Å². The third-order valence-electron chi connectivity index (χ3n) is 4.37. The van der Waals surface area contributed by atoms with Crippen LogP contribution in [0.3, 0.4) is 0 Å². The van der Waals surface area contributed by atoms with Gasteiger partial charge in [0.05, 0.1) is 38.2 Å². The second-order valence-electron chi connectivity index (χ2n) is 6.57. The number of fused-ring (bicyclic) bond motifs is 1. The number of imidazole rings is 1. The molecular weight excluding hydrogens is 418 g/mol. The Morgan fingerprint density at radius 1 is 1.41 bits per heavy atom. The summed E-state index contributed by atoms with van der Waals surface area (Å²) >= 11 is 0. The van der Waals surface area contributed by atoms with E-state index in [0.29, 0.717) is 0 Å². The second kappa shape index (κ2) is 7.80. The minimum absolute atomic E-state index is 0.00897. The third kappa shape index (κ3) is 4.10. The van der Waals surface area contributed by atoms with Crippen LogP contribution >= 0.6 is 7.60 Å². The van der Waals surface area contributed by atoms with Crippen molar-refractivity contribution < 1.29 is 36.6 Å². The second-order valence-corrected chi connectivity index (χ2v) is 8.74. The van der Waals surface area contributed by atoms with Crippen molar-refractivity contribution in [3.63, 3.8) is 0 Å². The Balaban J connectivity index is 1.83. The number of ether oxygens (including phenoxy) is 1. The van der Waals surface area contributed by atoms with Crippen molar-refractivity contribution in [2.24, 2.45) is 0 Å². The molecule has 2 atom stereocenters. The Morgan fingerprint density at radius 3 is 2.69 bits per heavy atom. The molecule has 162 valence electrons. The fourth-order valence-corrected chi connectivity index (χ4v) is 4.80. The molecule has 1 saturated heterocycles. The molecule has 0 radical (unpaired) electrons. The maximum absolute atomic E-state index is 14.7. The Kier molecular flexibility index (Phi) is 5.89. The first-order chi connectivity index (χ1) is 13.5. The lowest BCUT2D eigenvalue weighted by Crippen LogP contribution is -2.38. The number of hydrogen-bond donors (Lipinski definition) is 2. The molecule has 1 aliphatic rings. The minimum atomic E-state index is -4.80. The maximum atomic E-state index is 14.7. The Bertz CT molecular complexity index is 934. The predicted molar refractivity (Wildman–Crippen MR) is 94.7 cm³/mol. The van der Waals surface area contributed by atoms with Gasteiger partial charge in [0.2, 0.25) is 0 Å². The number of rotatable bonds is 8. The number of aliphatic hydroxyl groups is 1. The van der Waals surface area contributed by atoms with Crippen LogP contribution in [0.15, 0.2) is 6.33 Å². The summed E-state index contributed by atoms with van der Waals surface area (Å²) in [6.07, 6.45) is -2.38. The van der Waals surface area contributed by atoms with Gasteiger partial charge >= 0.3 is 19.3 Å². The molecule has 0 aliphatic carbocycles. The number of aromatic nitrogens is 4. The topological polar surface area (TPSA) is 135 Å². The van der Waals surface area contributed by atoms with Crippen LogP contribution in [0.5, 0.6) is 0 Å². The van der Waals surface area contributed by atoms with Gasteiger partial charge in [-0.1, -0.05) is 0 Å². The number of alkyl halides is 2. The molecule has 0 saturated carbocycles. The summed E-state index contributed by atoms with van der Waals surface area (Å²) < 4.78 is 71.6. The molecule has 2 aromatic heterocycles. The number of hydrogen-bond acceptors (Lipinski definition) is 9. The molecule has 3 rings (SSSR count). The van der Waals surface area contributed by atoms with E-state index in [2.05, 4.69) is 15.0 Å². The third-order valence-corrected chi connectivity index (χ3v) is 6.53. The first kappa shape index (κ1) is 21.9. The zero-order chi connectivity index (χ0) is 21.4. The van der Waals surface area contributed by atoms with E-state index in [-0.39, 0.29) is 36.6 Å². The summed E-state index contributed by atoms with van der Waals surface area (Å²) in [4.78, 5) is 10.9. The Hall–Kier alpha value is -1.79. The lowest BCUT2D eigenvalue weighted by Gasteiger charge is -2.31. The molecule has 29 heavy (non-hydrogen) atoms. The quantitative estimate of drug-likeness (QED) is 0.470. The average molecular weight is 439 g/mol. The van der Waals surface area contributed by atoms with E-state index in [4.69, 9.17) is 19.5 Å². The first-order valence-electron chi connectivity index (χ1n) is 8.81. The van der Waals surface area contributed by atoms with Crippen molar-refractivity contribution in [2.45, 2.75) is 44.2 Å². The van der Waals surface area contributed by atoms with Gasteiger partial charge in [0, 0.05) is 6.42 Å². The highest BCUT2D eigenvalue weighted by molar-refractivity contribution is 7.55. The molecule has 0 aromatic carbocycles. The van der Waals surface area contributed by atoms with Crippen molar-refractivity contribution in [1.29, 1.82) is 0 Å². The van der Waals surface area contributed by atoms with E-state index < -0.39 is 44.2 Å². The number of nitrogens with zero attached hydrogens (tertiary/aromatic N) is 4. The van der Waals surface area contributed by atoms with Crippen LogP contribution in [0.2, 0.25) is 0 Å². The number of nitrogen functional groups attached to an aromatic ring is 1. The lowest BCUT2D eigenvalue weighted by molar-refractivity contribution is -0.0614. The molecular formula is C15H21F3N5O5P. The van der Waals surface area contributed by atoms with Crippen molar-refractivity contribution in [3.05, 3.63) is 12.4 Å². The number of nitrogens with two attached hydrogens (primary N) is 1. The van der Waals surface area contributed by atoms with Gasteiger partial charge in [-0.25, -0.2) is 4.98 Å². The first-order valence-corrected chi connectivity index (χ1v) is 10.3. The van der Waals surface area contributed by atoms with Gasteiger partial charge in [0.15, 0.2) is 17.0 Å². The van der Waals surface area contributed by atoms with Crippen LogP contribution in [0.25, 0.3) is 11.2 Å². The van der Waals surface area contributed by atoms with E-state index in [1.54, 1.807) is 0 Å². The molecule has 0 spiro atoms. The van der Waals surface area contributed by atoms with Crippen LogP contribution in [0, 0.1) is 6.08 Å². The van der Waals surface area contributed by atoms with E-state index >= 15 is 0 Å². The maximum Gasteiger partial charge on any atom is 0.399 e. The van der Waals surface area contributed by atoms with Crippen molar-refractivity contribution >= 4 is 24.6 Å². The molecule has 14 heteroatoms. The largest absolute Gasteiger partial charge is 0.399 e. The molecule has 1 fully saturated rings. The van der Waals surface area contributed by atoms with Crippen molar-refractivity contribution in [3.8, 4) is 0 Å². The van der Waals surface area contributed by atoms with E-state index in [1.807, 2.05) is 0 Å². The highest BCUT2D eigenvalue weighted by Crippen LogP contribution is 2.65. The molecule has 0 bridgehead atoms. The molecule has 1 aliphatic heterocycles. The Labute approximate surface area is 163 Å². The highest BCUT2D eigenvalue weighted by Gasteiger charge is 2.59. The smallest absolute Gasteiger partial charge is 0.387 e. The van der Waals surface area contributed by atoms with E-state index in [0.717, 1.165) is 0 Å². The summed E-state index contributed by atoms with van der Waals surface area (Å²) in [6, 6.07) is 0. The normalized spacial score (nSPS) is 23.2. The zero-order valence-corrected chi connectivity index (χ0v) is 16.6. The van der Waals surface area contributed by atoms with Gasteiger partial charge < -0.3 is 24.6 Å². The van der Waals surface area contributed by atoms with Crippen molar-refractivity contribution in [1.82, 2.24) is 19.5 Å². The van der Waals surface area contributed by atoms with Crippen LogP contribution in [-0.2, 0) is 18.3 Å². The van der Waals surface area contributed by atoms with E-state index in [1.165, 1.54) is 24.7 Å².